The van der Waals surface area contributed by atoms with Gasteiger partial charge in [0.15, 0.2) is 0 Å². The predicted octanol–water partition coefficient (Wildman–Crippen LogP) is 0.738. The summed E-state index contributed by atoms with van der Waals surface area (Å²) < 4.78 is 10.3. The lowest BCUT2D eigenvalue weighted by Crippen LogP contribution is -2.46. The number of aromatic nitrogens is 2. The first kappa shape index (κ1) is 17.3. The maximum absolute atomic E-state index is 12.3. The lowest BCUT2D eigenvalue weighted by molar-refractivity contribution is 0.414. The van der Waals surface area contributed by atoms with Gasteiger partial charge in [-0.15, -0.1) is 0 Å². The Balaban J connectivity index is 2.08. The maximum atomic E-state index is 12.3. The summed E-state index contributed by atoms with van der Waals surface area (Å²) in [4.78, 5) is 29.9. The van der Waals surface area contributed by atoms with Crippen LogP contribution in [0.5, 0.6) is 11.5 Å². The zero-order valence-electron chi connectivity index (χ0n) is 14.4. The van der Waals surface area contributed by atoms with Crippen LogP contribution in [0.2, 0.25) is 0 Å². The van der Waals surface area contributed by atoms with E-state index in [4.69, 9.17) is 9.47 Å². The van der Waals surface area contributed by atoms with Crippen LogP contribution in [0.1, 0.15) is 11.1 Å². The molecule has 0 aliphatic heterocycles. The van der Waals surface area contributed by atoms with E-state index in [-0.39, 0.29) is 21.8 Å². The van der Waals surface area contributed by atoms with Gasteiger partial charge < -0.3 is 19.4 Å². The third kappa shape index (κ3) is 3.92. The molecule has 0 aliphatic rings. The number of rotatable bonds is 4. The average Bonchev–Trinajstić information content (AvgIpc) is 2.66. The first-order chi connectivity index (χ1) is 12.6. The van der Waals surface area contributed by atoms with Crippen molar-refractivity contribution in [2.45, 2.75) is 0 Å². The topological polar surface area (TPSA) is 84.2 Å². The number of H-pyrrole nitrogens is 2. The third-order valence-corrected chi connectivity index (χ3v) is 3.80. The van der Waals surface area contributed by atoms with E-state index >= 15 is 0 Å². The molecule has 0 unspecified atom stereocenters. The molecule has 6 heteroatoms. The highest BCUT2D eigenvalue weighted by Gasteiger charge is 1.99. The smallest absolute Gasteiger partial charge is 0.272 e. The van der Waals surface area contributed by atoms with Gasteiger partial charge in [-0.05, 0) is 47.5 Å². The highest BCUT2D eigenvalue weighted by molar-refractivity contribution is 5.52. The summed E-state index contributed by atoms with van der Waals surface area (Å²) in [6.07, 6.45) is 3.19. The second-order valence-electron chi connectivity index (χ2n) is 5.58. The Morgan fingerprint density at radius 1 is 0.731 bits per heavy atom. The highest BCUT2D eigenvalue weighted by Crippen LogP contribution is 2.13. The van der Waals surface area contributed by atoms with Crippen molar-refractivity contribution in [2.75, 3.05) is 14.2 Å². The van der Waals surface area contributed by atoms with Crippen LogP contribution in [0.3, 0.4) is 0 Å². The summed E-state index contributed by atoms with van der Waals surface area (Å²) in [5.74, 6) is 1.33. The molecule has 26 heavy (non-hydrogen) atoms. The van der Waals surface area contributed by atoms with Crippen LogP contribution < -0.4 is 31.3 Å². The average molecular weight is 350 g/mol. The lowest BCUT2D eigenvalue weighted by Gasteiger charge is -2.00. The number of nitrogens with one attached hydrogen (secondary N) is 2. The largest absolute Gasteiger partial charge is 0.497 e. The van der Waals surface area contributed by atoms with Crippen molar-refractivity contribution in [1.29, 1.82) is 0 Å². The second-order valence-corrected chi connectivity index (χ2v) is 5.58. The Hall–Kier alpha value is -3.54. The Morgan fingerprint density at radius 2 is 1.15 bits per heavy atom. The van der Waals surface area contributed by atoms with Crippen molar-refractivity contribution in [2.24, 2.45) is 0 Å². The Kier molecular flexibility index (Phi) is 5.03. The van der Waals surface area contributed by atoms with Crippen LogP contribution in [0.15, 0.2) is 58.1 Å². The summed E-state index contributed by atoms with van der Waals surface area (Å²) in [6, 6.07) is 14.4. The van der Waals surface area contributed by atoms with Crippen molar-refractivity contribution in [3.8, 4) is 11.5 Å². The molecule has 3 aromatic rings. The van der Waals surface area contributed by atoms with Crippen molar-refractivity contribution >= 4 is 12.2 Å². The van der Waals surface area contributed by atoms with E-state index in [0.29, 0.717) is 11.5 Å². The minimum atomic E-state index is -0.387. The molecule has 2 N–H and O–H groups in total. The quantitative estimate of drug-likeness (QED) is 0.727. The van der Waals surface area contributed by atoms with Gasteiger partial charge in [-0.25, -0.2) is 0 Å². The van der Waals surface area contributed by atoms with Crippen LogP contribution in [-0.4, -0.2) is 24.2 Å². The second kappa shape index (κ2) is 7.57. The van der Waals surface area contributed by atoms with Gasteiger partial charge in [0, 0.05) is 0 Å². The van der Waals surface area contributed by atoms with Crippen LogP contribution in [0.25, 0.3) is 12.2 Å². The first-order valence-corrected chi connectivity index (χ1v) is 7.93. The van der Waals surface area contributed by atoms with Gasteiger partial charge in [-0.3, -0.25) is 9.59 Å². The summed E-state index contributed by atoms with van der Waals surface area (Å²) >= 11 is 0. The van der Waals surface area contributed by atoms with E-state index in [1.54, 1.807) is 50.6 Å². The highest BCUT2D eigenvalue weighted by atomic mass is 16.5. The molecular weight excluding hydrogens is 332 g/mol. The molecule has 6 nitrogen and oxygen atoms in total. The fourth-order valence-corrected chi connectivity index (χ4v) is 2.49. The molecule has 0 saturated heterocycles. The SMILES string of the molecule is COc1cccc(/C=c2\[nH]c(=O)/c(=C\c3cccc(OC)c3)[nH]c2=O)c1. The fourth-order valence-electron chi connectivity index (χ4n) is 2.49. The molecule has 0 bridgehead atoms. The number of hydrogen-bond acceptors (Lipinski definition) is 4. The van der Waals surface area contributed by atoms with Crippen LogP contribution >= 0.6 is 0 Å². The maximum Gasteiger partial charge on any atom is 0.272 e. The minimum absolute atomic E-state index is 0.172. The van der Waals surface area contributed by atoms with E-state index < -0.39 is 0 Å². The molecule has 1 heterocycles. The zero-order valence-corrected chi connectivity index (χ0v) is 14.4. The predicted molar refractivity (Wildman–Crippen MR) is 100 cm³/mol. The molecule has 0 spiro atoms. The fraction of sp³-hybridized carbons (Fsp3) is 0.100. The molecule has 132 valence electrons. The summed E-state index contributed by atoms with van der Waals surface area (Å²) in [5.41, 5.74) is 0.716. The van der Waals surface area contributed by atoms with Crippen molar-refractivity contribution < 1.29 is 9.47 Å². The number of aromatic amines is 2. The summed E-state index contributed by atoms with van der Waals surface area (Å²) in [6.45, 7) is 0. The van der Waals surface area contributed by atoms with E-state index in [2.05, 4.69) is 9.97 Å². The molecule has 0 radical (unpaired) electrons. The van der Waals surface area contributed by atoms with Crippen LogP contribution in [0.4, 0.5) is 0 Å². The molecule has 0 amide bonds. The van der Waals surface area contributed by atoms with Crippen molar-refractivity contribution in [1.82, 2.24) is 9.97 Å². The Labute approximate surface area is 149 Å². The van der Waals surface area contributed by atoms with Gasteiger partial charge in [0.05, 0.1) is 14.2 Å². The van der Waals surface area contributed by atoms with E-state index in [1.807, 2.05) is 24.3 Å². The van der Waals surface area contributed by atoms with Gasteiger partial charge in [0.2, 0.25) is 0 Å². The summed E-state index contributed by atoms with van der Waals surface area (Å²) in [7, 11) is 3.13. The van der Waals surface area contributed by atoms with Gasteiger partial charge >= 0.3 is 0 Å². The monoisotopic (exact) mass is 350 g/mol. The Morgan fingerprint density at radius 3 is 1.54 bits per heavy atom. The van der Waals surface area contributed by atoms with Crippen LogP contribution in [0, 0.1) is 0 Å². The van der Waals surface area contributed by atoms with E-state index in [9.17, 15) is 9.59 Å². The molecule has 1 aromatic heterocycles. The van der Waals surface area contributed by atoms with E-state index in [1.165, 1.54) is 0 Å². The first-order valence-electron chi connectivity index (χ1n) is 7.93. The van der Waals surface area contributed by atoms with Crippen molar-refractivity contribution in [3.63, 3.8) is 0 Å². The normalized spacial score (nSPS) is 12.2. The standard InChI is InChI=1S/C20H18N2O4/c1-25-15-7-3-5-13(9-15)11-17-19(23)22-18(20(24)21-17)12-14-6-4-8-16(10-14)26-2/h3-12H,1-2H3,(H,21,24)(H,22,23)/b17-11-,18-12+. The summed E-state index contributed by atoms with van der Waals surface area (Å²) in [5, 5.41) is 0.345. The molecule has 3 rings (SSSR count). The lowest BCUT2D eigenvalue weighted by atomic mass is 10.2. The number of ether oxygens (including phenoxy) is 2. The minimum Gasteiger partial charge on any atom is -0.497 e. The molecule has 0 fully saturated rings. The number of hydrogen-bond donors (Lipinski definition) is 2. The Bertz CT molecular complexity index is 1070. The van der Waals surface area contributed by atoms with Gasteiger partial charge in [0.1, 0.15) is 22.2 Å². The van der Waals surface area contributed by atoms with Gasteiger partial charge in [-0.1, -0.05) is 24.3 Å². The van der Waals surface area contributed by atoms with Crippen molar-refractivity contribution in [3.05, 3.63) is 91.1 Å². The molecular formula is C20H18N2O4. The molecule has 0 saturated carbocycles. The van der Waals surface area contributed by atoms with Gasteiger partial charge in [-0.2, -0.15) is 0 Å². The zero-order chi connectivity index (χ0) is 18.5. The van der Waals surface area contributed by atoms with E-state index in [0.717, 1.165) is 11.1 Å². The number of methoxy groups -OCH3 is 2. The van der Waals surface area contributed by atoms with Crippen LogP contribution in [-0.2, 0) is 0 Å². The molecule has 0 atom stereocenters. The molecule has 0 aliphatic carbocycles. The molecule has 2 aromatic carbocycles. The number of benzene rings is 2. The third-order valence-electron chi connectivity index (χ3n) is 3.80. The van der Waals surface area contributed by atoms with Gasteiger partial charge in [0.25, 0.3) is 11.1 Å².